The quantitative estimate of drug-likeness (QED) is 0.530. The molecule has 27 heavy (non-hydrogen) atoms. The highest BCUT2D eigenvalue weighted by atomic mass is 35.5. The van der Waals surface area contributed by atoms with Crippen molar-refractivity contribution in [1.82, 2.24) is 0 Å². The van der Waals surface area contributed by atoms with E-state index in [1.165, 1.54) is 6.07 Å². The first kappa shape index (κ1) is 20.9. The van der Waals surface area contributed by atoms with E-state index < -0.39 is 18.5 Å². The lowest BCUT2D eigenvalue weighted by Crippen LogP contribution is -2.21. The van der Waals surface area contributed by atoms with Crippen LogP contribution in [-0.4, -0.2) is 24.3 Å². The van der Waals surface area contributed by atoms with E-state index >= 15 is 0 Å². The lowest BCUT2D eigenvalue weighted by atomic mass is 9.99. The molecule has 0 aromatic heterocycles. The number of hydrogen-bond acceptors (Lipinski definition) is 4. The lowest BCUT2D eigenvalue weighted by molar-refractivity contribution is -0.147. The molecule has 0 aliphatic carbocycles. The fourth-order valence-corrected chi connectivity index (χ4v) is 2.84. The fourth-order valence-electron chi connectivity index (χ4n) is 2.38. The molecule has 142 valence electrons. The van der Waals surface area contributed by atoms with Crippen molar-refractivity contribution in [3.05, 3.63) is 63.1 Å². The number of Topliss-reactive ketones (excluding diaryl/α,β-unsaturated/α-hetero) is 1. The molecule has 7 heteroatoms. The van der Waals surface area contributed by atoms with Crippen molar-refractivity contribution in [3.8, 4) is 0 Å². The molecular weight excluding hydrogens is 389 g/mol. The topological polar surface area (TPSA) is 72.5 Å². The molecule has 0 atom stereocenters. The van der Waals surface area contributed by atoms with Crippen molar-refractivity contribution >= 4 is 46.5 Å². The second-order valence-corrected chi connectivity index (χ2v) is 6.92. The van der Waals surface area contributed by atoms with Crippen LogP contribution in [0.2, 0.25) is 10.0 Å². The van der Waals surface area contributed by atoms with Crippen LogP contribution in [0.5, 0.6) is 0 Å². The Morgan fingerprint density at radius 3 is 2.44 bits per heavy atom. The van der Waals surface area contributed by atoms with E-state index in [2.05, 4.69) is 5.32 Å². The number of anilines is 1. The van der Waals surface area contributed by atoms with Crippen molar-refractivity contribution in [2.45, 2.75) is 26.7 Å². The van der Waals surface area contributed by atoms with E-state index in [-0.39, 0.29) is 23.6 Å². The Morgan fingerprint density at radius 1 is 1.00 bits per heavy atom. The first-order valence-electron chi connectivity index (χ1n) is 8.27. The zero-order valence-corrected chi connectivity index (χ0v) is 16.5. The molecule has 2 rings (SSSR count). The summed E-state index contributed by atoms with van der Waals surface area (Å²) >= 11 is 11.7. The molecule has 0 spiro atoms. The van der Waals surface area contributed by atoms with Gasteiger partial charge in [-0.05, 0) is 43.7 Å². The Morgan fingerprint density at radius 2 is 1.74 bits per heavy atom. The molecule has 0 aliphatic heterocycles. The summed E-state index contributed by atoms with van der Waals surface area (Å²) in [6.07, 6.45) is -0.0744. The Balaban J connectivity index is 1.79. The maximum absolute atomic E-state index is 12.3. The fraction of sp³-hybridized carbons (Fsp3) is 0.250. The maximum Gasteiger partial charge on any atom is 0.306 e. The Hall–Kier alpha value is -2.37. The summed E-state index contributed by atoms with van der Waals surface area (Å²) in [6, 6.07) is 10.2. The van der Waals surface area contributed by atoms with Gasteiger partial charge in [-0.15, -0.1) is 0 Å². The lowest BCUT2D eigenvalue weighted by Gasteiger charge is -2.09. The van der Waals surface area contributed by atoms with Crippen molar-refractivity contribution in [1.29, 1.82) is 0 Å². The van der Waals surface area contributed by atoms with Gasteiger partial charge >= 0.3 is 5.97 Å². The van der Waals surface area contributed by atoms with Gasteiger partial charge in [0.25, 0.3) is 5.91 Å². The molecule has 1 amide bonds. The van der Waals surface area contributed by atoms with Crippen LogP contribution in [0, 0.1) is 13.8 Å². The third kappa shape index (κ3) is 6.38. The summed E-state index contributed by atoms with van der Waals surface area (Å²) < 4.78 is 4.91. The average molecular weight is 408 g/mol. The molecule has 5 nitrogen and oxygen atoms in total. The van der Waals surface area contributed by atoms with E-state index in [0.29, 0.717) is 16.3 Å². The van der Waals surface area contributed by atoms with E-state index in [1.54, 1.807) is 18.2 Å². The molecule has 0 saturated heterocycles. The second kappa shape index (κ2) is 9.53. The first-order valence-corrected chi connectivity index (χ1v) is 9.03. The number of ketones is 1. The third-order valence-electron chi connectivity index (χ3n) is 3.82. The molecule has 2 aromatic rings. The molecule has 0 unspecified atom stereocenters. The number of aryl methyl sites for hydroxylation is 2. The van der Waals surface area contributed by atoms with E-state index in [9.17, 15) is 14.4 Å². The van der Waals surface area contributed by atoms with Gasteiger partial charge in [0.05, 0.1) is 17.1 Å². The Bertz CT molecular complexity index is 880. The van der Waals surface area contributed by atoms with Crippen LogP contribution >= 0.6 is 23.2 Å². The largest absolute Gasteiger partial charge is 0.456 e. The molecule has 0 saturated carbocycles. The van der Waals surface area contributed by atoms with Crippen LogP contribution in [0.3, 0.4) is 0 Å². The van der Waals surface area contributed by atoms with Gasteiger partial charge in [0.1, 0.15) is 0 Å². The van der Waals surface area contributed by atoms with Gasteiger partial charge in [-0.3, -0.25) is 14.4 Å². The van der Waals surface area contributed by atoms with Gasteiger partial charge in [0, 0.05) is 17.0 Å². The van der Waals surface area contributed by atoms with E-state index in [4.69, 9.17) is 27.9 Å². The predicted molar refractivity (Wildman–Crippen MR) is 106 cm³/mol. The van der Waals surface area contributed by atoms with Gasteiger partial charge in [-0.2, -0.15) is 0 Å². The highest BCUT2D eigenvalue weighted by molar-refractivity contribution is 6.36. The SMILES string of the molecule is Cc1ccc(C)c(C(=O)CCC(=O)OCC(=O)Nc2ccc(Cl)cc2Cl)c1. The Kier molecular flexibility index (Phi) is 7.39. The smallest absolute Gasteiger partial charge is 0.306 e. The van der Waals surface area contributed by atoms with Gasteiger partial charge in [0.2, 0.25) is 0 Å². The highest BCUT2D eigenvalue weighted by Crippen LogP contribution is 2.25. The second-order valence-electron chi connectivity index (χ2n) is 6.07. The zero-order valence-electron chi connectivity index (χ0n) is 15.0. The summed E-state index contributed by atoms with van der Waals surface area (Å²) in [6.45, 7) is 3.28. The minimum absolute atomic E-state index is 0.0216. The molecule has 2 aromatic carbocycles. The molecule has 0 aliphatic rings. The summed E-state index contributed by atoms with van der Waals surface area (Å²) in [5.74, 6) is -1.29. The standard InChI is InChI=1S/C20H19Cl2NO4/c1-12-3-4-13(2)15(9-12)18(24)7-8-20(26)27-11-19(25)23-17-6-5-14(21)10-16(17)22/h3-6,9-10H,7-8,11H2,1-2H3,(H,23,25). The van der Waals surface area contributed by atoms with Crippen LogP contribution in [0.15, 0.2) is 36.4 Å². The number of carbonyl (C=O) groups is 3. The molecular formula is C20H19Cl2NO4. The normalized spacial score (nSPS) is 10.4. The molecule has 0 fully saturated rings. The highest BCUT2D eigenvalue weighted by Gasteiger charge is 2.14. The van der Waals surface area contributed by atoms with Crippen molar-refractivity contribution < 1.29 is 19.1 Å². The van der Waals surface area contributed by atoms with Crippen LogP contribution in [-0.2, 0) is 14.3 Å². The minimum atomic E-state index is -0.619. The molecule has 0 radical (unpaired) electrons. The van der Waals surface area contributed by atoms with Crippen LogP contribution in [0.1, 0.15) is 34.3 Å². The maximum atomic E-state index is 12.3. The van der Waals surface area contributed by atoms with E-state index in [0.717, 1.165) is 11.1 Å². The van der Waals surface area contributed by atoms with Crippen molar-refractivity contribution in [2.75, 3.05) is 11.9 Å². The molecule has 0 heterocycles. The van der Waals surface area contributed by atoms with Crippen molar-refractivity contribution in [2.24, 2.45) is 0 Å². The summed E-state index contributed by atoms with van der Waals surface area (Å²) in [5, 5.41) is 3.25. The van der Waals surface area contributed by atoms with Crippen LogP contribution in [0.25, 0.3) is 0 Å². The Labute approximate surface area is 167 Å². The number of rotatable bonds is 7. The van der Waals surface area contributed by atoms with Crippen molar-refractivity contribution in [3.63, 3.8) is 0 Å². The summed E-state index contributed by atoms with van der Waals surface area (Å²) in [4.78, 5) is 35.9. The monoisotopic (exact) mass is 407 g/mol. The number of amides is 1. The minimum Gasteiger partial charge on any atom is -0.456 e. The summed E-state index contributed by atoms with van der Waals surface area (Å²) in [5.41, 5.74) is 2.80. The number of esters is 1. The number of ether oxygens (including phenoxy) is 1. The van der Waals surface area contributed by atoms with E-state index in [1.807, 2.05) is 26.0 Å². The molecule has 0 bridgehead atoms. The summed E-state index contributed by atoms with van der Waals surface area (Å²) in [7, 11) is 0. The zero-order chi connectivity index (χ0) is 20.0. The number of hydrogen-bond donors (Lipinski definition) is 1. The number of nitrogens with one attached hydrogen (secondary N) is 1. The van der Waals surface area contributed by atoms with Gasteiger partial charge < -0.3 is 10.1 Å². The van der Waals surface area contributed by atoms with Crippen LogP contribution < -0.4 is 5.32 Å². The third-order valence-corrected chi connectivity index (χ3v) is 4.37. The number of carbonyl (C=O) groups excluding carboxylic acids is 3. The van der Waals surface area contributed by atoms with Gasteiger partial charge in [-0.25, -0.2) is 0 Å². The average Bonchev–Trinajstić information content (AvgIpc) is 2.62. The van der Waals surface area contributed by atoms with Crippen LogP contribution in [0.4, 0.5) is 5.69 Å². The molecule has 1 N–H and O–H groups in total. The number of benzene rings is 2. The number of halogens is 2. The van der Waals surface area contributed by atoms with Gasteiger partial charge in [0.15, 0.2) is 12.4 Å². The predicted octanol–water partition coefficient (Wildman–Crippen LogP) is 4.76. The van der Waals surface area contributed by atoms with Gasteiger partial charge in [-0.1, -0.05) is 40.9 Å². The first-order chi connectivity index (χ1) is 12.8.